The normalized spacial score (nSPS) is 15.7. The number of hydrogen-bond acceptors (Lipinski definition) is 4. The van der Waals surface area contributed by atoms with Crippen molar-refractivity contribution in [1.29, 1.82) is 0 Å². The van der Waals surface area contributed by atoms with Gasteiger partial charge in [0.25, 0.3) is 5.91 Å². The van der Waals surface area contributed by atoms with Gasteiger partial charge in [-0.2, -0.15) is 0 Å². The van der Waals surface area contributed by atoms with E-state index in [0.29, 0.717) is 11.6 Å². The molecule has 3 heterocycles. The number of anilines is 1. The van der Waals surface area contributed by atoms with E-state index in [1.807, 2.05) is 25.1 Å². The van der Waals surface area contributed by atoms with Crippen molar-refractivity contribution in [3.63, 3.8) is 0 Å². The fraction of sp³-hybridized carbons (Fsp3) is 0.412. The van der Waals surface area contributed by atoms with E-state index in [2.05, 4.69) is 15.2 Å². The number of carbonyl (C=O) groups is 1. The minimum Gasteiger partial charge on any atom is -0.455 e. The van der Waals surface area contributed by atoms with E-state index >= 15 is 0 Å². The maximum absolute atomic E-state index is 12.2. The minimum absolute atomic E-state index is 0.261. The van der Waals surface area contributed by atoms with E-state index in [9.17, 15) is 4.79 Å². The van der Waals surface area contributed by atoms with Crippen LogP contribution in [-0.4, -0.2) is 28.9 Å². The van der Waals surface area contributed by atoms with E-state index in [1.54, 1.807) is 12.1 Å². The summed E-state index contributed by atoms with van der Waals surface area (Å²) in [6.07, 6.45) is 3.80. The minimum atomic E-state index is -0.261. The van der Waals surface area contributed by atoms with Crippen molar-refractivity contribution in [3.05, 3.63) is 47.5 Å². The first-order valence-electron chi connectivity index (χ1n) is 7.77. The van der Waals surface area contributed by atoms with Gasteiger partial charge >= 0.3 is 0 Å². The van der Waals surface area contributed by atoms with Crippen LogP contribution in [0.4, 0.5) is 5.82 Å². The second kappa shape index (κ2) is 6.75. The SMILES string of the molecule is Cc1cccc(NC(=O)c2ccc(CN3CCCCC3)o2)n1. The maximum Gasteiger partial charge on any atom is 0.292 e. The Morgan fingerprint density at radius 2 is 2.05 bits per heavy atom. The Balaban J connectivity index is 1.61. The lowest BCUT2D eigenvalue weighted by Gasteiger charge is -2.25. The number of rotatable bonds is 4. The van der Waals surface area contributed by atoms with Crippen molar-refractivity contribution in [2.75, 3.05) is 18.4 Å². The molecule has 116 valence electrons. The number of pyridine rings is 1. The van der Waals surface area contributed by atoms with Crippen molar-refractivity contribution in [1.82, 2.24) is 9.88 Å². The lowest BCUT2D eigenvalue weighted by atomic mass is 10.1. The van der Waals surface area contributed by atoms with Crippen molar-refractivity contribution in [2.45, 2.75) is 32.7 Å². The summed E-state index contributed by atoms with van der Waals surface area (Å²) in [5.74, 6) is 1.45. The molecule has 0 spiro atoms. The van der Waals surface area contributed by atoms with Crippen LogP contribution in [0.1, 0.15) is 41.3 Å². The third-order valence-electron chi connectivity index (χ3n) is 3.84. The number of amides is 1. The summed E-state index contributed by atoms with van der Waals surface area (Å²) in [5.41, 5.74) is 0.864. The second-order valence-corrected chi connectivity index (χ2v) is 5.72. The smallest absolute Gasteiger partial charge is 0.292 e. The molecule has 3 rings (SSSR count). The highest BCUT2D eigenvalue weighted by atomic mass is 16.4. The standard InChI is InChI=1S/C17H21N3O2/c1-13-6-5-7-16(18-13)19-17(21)15-9-8-14(22-15)12-20-10-3-2-4-11-20/h5-9H,2-4,10-12H2,1H3,(H,18,19,21). The molecule has 0 saturated carbocycles. The number of likely N-dealkylation sites (tertiary alicyclic amines) is 1. The summed E-state index contributed by atoms with van der Waals surface area (Å²) in [7, 11) is 0. The van der Waals surface area contributed by atoms with Gasteiger partial charge in [0, 0.05) is 5.69 Å². The van der Waals surface area contributed by atoms with E-state index in [1.165, 1.54) is 19.3 Å². The largest absolute Gasteiger partial charge is 0.455 e. The fourth-order valence-electron chi connectivity index (χ4n) is 2.71. The number of aromatic nitrogens is 1. The molecule has 0 bridgehead atoms. The Hall–Kier alpha value is -2.14. The molecule has 0 aliphatic carbocycles. The molecule has 1 fully saturated rings. The molecular formula is C17H21N3O2. The number of piperidine rings is 1. The summed E-state index contributed by atoms with van der Waals surface area (Å²) in [4.78, 5) is 18.8. The van der Waals surface area contributed by atoms with Gasteiger partial charge in [-0.15, -0.1) is 0 Å². The average Bonchev–Trinajstić information content (AvgIpc) is 2.97. The van der Waals surface area contributed by atoms with Crippen molar-refractivity contribution in [2.24, 2.45) is 0 Å². The number of aryl methyl sites for hydroxylation is 1. The van der Waals surface area contributed by atoms with Crippen LogP contribution < -0.4 is 5.32 Å². The number of hydrogen-bond donors (Lipinski definition) is 1. The molecule has 5 heteroatoms. The van der Waals surface area contributed by atoms with Gasteiger partial charge in [0.1, 0.15) is 11.6 Å². The van der Waals surface area contributed by atoms with Crippen LogP contribution in [0.5, 0.6) is 0 Å². The van der Waals surface area contributed by atoms with Crippen molar-refractivity contribution < 1.29 is 9.21 Å². The first kappa shape index (κ1) is 14.8. The molecule has 0 aromatic carbocycles. The number of carbonyl (C=O) groups excluding carboxylic acids is 1. The van der Waals surface area contributed by atoms with E-state index in [4.69, 9.17) is 4.42 Å². The Labute approximate surface area is 130 Å². The summed E-state index contributed by atoms with van der Waals surface area (Å²) in [6, 6.07) is 9.13. The van der Waals surface area contributed by atoms with Crippen LogP contribution in [0.25, 0.3) is 0 Å². The molecule has 2 aromatic heterocycles. The third-order valence-corrected chi connectivity index (χ3v) is 3.84. The van der Waals surface area contributed by atoms with Gasteiger partial charge in [-0.3, -0.25) is 9.69 Å². The van der Waals surface area contributed by atoms with Crippen LogP contribution in [0.15, 0.2) is 34.7 Å². The third kappa shape index (κ3) is 3.74. The van der Waals surface area contributed by atoms with Crippen molar-refractivity contribution in [3.8, 4) is 0 Å². The van der Waals surface area contributed by atoms with Crippen LogP contribution in [0.2, 0.25) is 0 Å². The fourth-order valence-corrected chi connectivity index (χ4v) is 2.71. The highest BCUT2D eigenvalue weighted by molar-refractivity contribution is 6.01. The molecule has 1 amide bonds. The molecule has 5 nitrogen and oxygen atoms in total. The Kier molecular flexibility index (Phi) is 4.53. The van der Waals surface area contributed by atoms with Gasteiger partial charge in [-0.05, 0) is 57.1 Å². The van der Waals surface area contributed by atoms with Gasteiger partial charge in [0.15, 0.2) is 5.76 Å². The molecular weight excluding hydrogens is 278 g/mol. The van der Waals surface area contributed by atoms with E-state index < -0.39 is 0 Å². The van der Waals surface area contributed by atoms with Crippen molar-refractivity contribution >= 4 is 11.7 Å². The van der Waals surface area contributed by atoms with Crippen LogP contribution >= 0.6 is 0 Å². The first-order valence-corrected chi connectivity index (χ1v) is 7.77. The Bertz CT molecular complexity index is 645. The number of furan rings is 1. The molecule has 2 aromatic rings. The maximum atomic E-state index is 12.2. The molecule has 22 heavy (non-hydrogen) atoms. The average molecular weight is 299 g/mol. The highest BCUT2D eigenvalue weighted by Gasteiger charge is 2.15. The molecule has 0 radical (unpaired) electrons. The van der Waals surface area contributed by atoms with Crippen LogP contribution in [0, 0.1) is 6.92 Å². The summed E-state index contributed by atoms with van der Waals surface area (Å²) < 4.78 is 5.67. The zero-order valence-electron chi connectivity index (χ0n) is 12.8. The van der Waals surface area contributed by atoms with Gasteiger partial charge in [0.2, 0.25) is 0 Å². The number of nitrogens with zero attached hydrogens (tertiary/aromatic N) is 2. The lowest BCUT2D eigenvalue weighted by Crippen LogP contribution is -2.28. The molecule has 0 unspecified atom stereocenters. The van der Waals surface area contributed by atoms with Gasteiger partial charge in [-0.1, -0.05) is 12.5 Å². The Morgan fingerprint density at radius 3 is 2.82 bits per heavy atom. The van der Waals surface area contributed by atoms with Gasteiger partial charge in [0.05, 0.1) is 6.54 Å². The second-order valence-electron chi connectivity index (χ2n) is 5.72. The summed E-state index contributed by atoms with van der Waals surface area (Å²) in [6.45, 7) is 4.88. The molecule has 1 aliphatic heterocycles. The summed E-state index contributed by atoms with van der Waals surface area (Å²) >= 11 is 0. The van der Waals surface area contributed by atoms with Crippen LogP contribution in [-0.2, 0) is 6.54 Å². The lowest BCUT2D eigenvalue weighted by molar-refractivity contribution is 0.0991. The molecule has 0 atom stereocenters. The van der Waals surface area contributed by atoms with Crippen LogP contribution in [0.3, 0.4) is 0 Å². The highest BCUT2D eigenvalue weighted by Crippen LogP contribution is 2.16. The molecule has 1 aliphatic rings. The summed E-state index contributed by atoms with van der Waals surface area (Å²) in [5, 5.41) is 2.76. The quantitative estimate of drug-likeness (QED) is 0.941. The van der Waals surface area contributed by atoms with E-state index in [0.717, 1.165) is 31.1 Å². The van der Waals surface area contributed by atoms with E-state index in [-0.39, 0.29) is 5.91 Å². The molecule has 1 N–H and O–H groups in total. The predicted molar refractivity (Wildman–Crippen MR) is 84.8 cm³/mol. The zero-order chi connectivity index (χ0) is 15.4. The predicted octanol–water partition coefficient (Wildman–Crippen LogP) is 3.22. The monoisotopic (exact) mass is 299 g/mol. The van der Waals surface area contributed by atoms with Gasteiger partial charge < -0.3 is 9.73 Å². The Morgan fingerprint density at radius 1 is 1.23 bits per heavy atom. The van der Waals surface area contributed by atoms with Gasteiger partial charge in [-0.25, -0.2) is 4.98 Å². The molecule has 1 saturated heterocycles. The zero-order valence-corrected chi connectivity index (χ0v) is 12.8. The first-order chi connectivity index (χ1) is 10.7. The number of nitrogens with one attached hydrogen (secondary N) is 1. The topological polar surface area (TPSA) is 58.4 Å².